The van der Waals surface area contributed by atoms with Crippen molar-refractivity contribution in [1.82, 2.24) is 9.55 Å². The van der Waals surface area contributed by atoms with E-state index in [9.17, 15) is 32.3 Å². The molecule has 0 amide bonds. The van der Waals surface area contributed by atoms with Gasteiger partial charge in [-0.05, 0) is 24.3 Å². The molecule has 1 fully saturated rings. The van der Waals surface area contributed by atoms with Crippen molar-refractivity contribution in [2.45, 2.75) is 31.0 Å². The predicted molar refractivity (Wildman–Crippen MR) is 137 cm³/mol. The highest BCUT2D eigenvalue weighted by Gasteiger charge is 2.42. The number of nitrogens with zero attached hydrogens (tertiary/aromatic N) is 1. The highest BCUT2D eigenvalue weighted by Crippen LogP contribution is 2.39. The van der Waals surface area contributed by atoms with Crippen LogP contribution in [0.1, 0.15) is 38.9 Å². The van der Waals surface area contributed by atoms with E-state index in [1.165, 1.54) is 45.6 Å². The summed E-state index contributed by atoms with van der Waals surface area (Å²) < 4.78 is 73.1. The number of aromatic nitrogens is 2. The minimum atomic E-state index is -5.06. The third-order valence-electron chi connectivity index (χ3n) is 6.31. The first kappa shape index (κ1) is 30.2. The maximum Gasteiger partial charge on any atom is 0.423 e. The number of nitrogens with one attached hydrogen (secondary N) is 1. The maximum atomic E-state index is 13.4. The van der Waals surface area contributed by atoms with Crippen LogP contribution < -0.4 is 25.5 Å². The number of benzene rings is 2. The van der Waals surface area contributed by atoms with Crippen molar-refractivity contribution in [1.29, 1.82) is 0 Å². The zero-order chi connectivity index (χ0) is 30.6. The third kappa shape index (κ3) is 6.40. The number of carbonyl (C=O) groups is 2. The normalized spacial score (nSPS) is 18.3. The molecule has 1 aliphatic rings. The lowest BCUT2D eigenvalue weighted by atomic mass is 10.1. The molecule has 2 aromatic carbocycles. The number of halogens is 3. The Labute approximate surface area is 235 Å². The van der Waals surface area contributed by atoms with E-state index in [-0.39, 0.29) is 34.8 Å². The number of ether oxygens (including phenoxy) is 6. The molecule has 12 nitrogen and oxygen atoms in total. The molecule has 2 heterocycles. The summed E-state index contributed by atoms with van der Waals surface area (Å²) in [7, 11) is 4.06. The zero-order valence-corrected chi connectivity index (χ0v) is 22.4. The first-order chi connectivity index (χ1) is 20.0. The second-order valence-corrected chi connectivity index (χ2v) is 8.89. The Morgan fingerprint density at radius 3 is 2.19 bits per heavy atom. The van der Waals surface area contributed by atoms with Gasteiger partial charge >= 0.3 is 23.8 Å². The van der Waals surface area contributed by atoms with Crippen LogP contribution in [-0.4, -0.2) is 61.6 Å². The van der Waals surface area contributed by atoms with Gasteiger partial charge in [0.1, 0.15) is 30.6 Å². The number of methoxy groups -OCH3 is 3. The van der Waals surface area contributed by atoms with Crippen LogP contribution in [-0.2, 0) is 20.4 Å². The lowest BCUT2D eigenvalue weighted by Gasteiger charge is -2.20. The van der Waals surface area contributed by atoms with E-state index in [4.69, 9.17) is 28.4 Å². The molecule has 42 heavy (non-hydrogen) atoms. The Bertz CT molecular complexity index is 1540. The van der Waals surface area contributed by atoms with Crippen molar-refractivity contribution in [3.8, 4) is 17.2 Å². The van der Waals surface area contributed by atoms with Gasteiger partial charge in [0.25, 0.3) is 5.56 Å². The summed E-state index contributed by atoms with van der Waals surface area (Å²) in [5, 5.41) is 0. The Morgan fingerprint density at radius 2 is 1.62 bits per heavy atom. The topological polar surface area (TPSA) is 144 Å². The Morgan fingerprint density at radius 1 is 0.976 bits per heavy atom. The predicted octanol–water partition coefficient (Wildman–Crippen LogP) is 2.95. The summed E-state index contributed by atoms with van der Waals surface area (Å²) in [6, 6.07) is 10.6. The first-order valence-electron chi connectivity index (χ1n) is 12.3. The van der Waals surface area contributed by atoms with E-state index in [1.54, 1.807) is 23.2 Å². The Balaban J connectivity index is 1.63. The van der Waals surface area contributed by atoms with E-state index < -0.39 is 60.0 Å². The summed E-state index contributed by atoms with van der Waals surface area (Å²) in [5.41, 5.74) is -4.26. The average Bonchev–Trinajstić information content (AvgIpc) is 3.36. The SMILES string of the molecule is COc1cc(C(=O)O[C@H]2C[C@H](n3cc(C(F)(F)F)c(=O)[nH]c3=O)O[C@@H]2COC(=O)c2ccccc2)cc(OC)c1OC. The standard InChI is InChI=1S/C27H25F3N2O10/c1-37-18-9-15(10-19(38-2)22(18)39-3)25(35)42-17-11-21(32-12-16(27(28,29)30)23(33)31-26(32)36)41-20(17)13-40-24(34)14-7-5-4-6-8-14/h4-10,12,17,20-21H,11,13H2,1-3H3,(H,31,33,36)/t17-,20+,21+/m0/s1. The highest BCUT2D eigenvalue weighted by atomic mass is 19.4. The van der Waals surface area contributed by atoms with Crippen LogP contribution in [0.3, 0.4) is 0 Å². The maximum absolute atomic E-state index is 13.4. The fraction of sp³-hybridized carbons (Fsp3) is 0.333. The zero-order valence-electron chi connectivity index (χ0n) is 22.4. The molecule has 1 aromatic heterocycles. The largest absolute Gasteiger partial charge is 0.493 e. The smallest absolute Gasteiger partial charge is 0.423 e. The second kappa shape index (κ2) is 12.4. The molecule has 0 spiro atoms. The van der Waals surface area contributed by atoms with Crippen LogP contribution in [0.4, 0.5) is 13.2 Å². The molecular formula is C27H25F3N2O10. The summed E-state index contributed by atoms with van der Waals surface area (Å²) in [5.74, 6) is -1.13. The average molecular weight is 594 g/mol. The highest BCUT2D eigenvalue weighted by molar-refractivity contribution is 5.91. The lowest BCUT2D eigenvalue weighted by molar-refractivity contribution is -0.139. The minimum absolute atomic E-state index is 0.0338. The van der Waals surface area contributed by atoms with Crippen molar-refractivity contribution in [2.75, 3.05) is 27.9 Å². The summed E-state index contributed by atoms with van der Waals surface area (Å²) >= 11 is 0. The monoisotopic (exact) mass is 594 g/mol. The Hall–Kier alpha value is -4.79. The number of hydrogen-bond acceptors (Lipinski definition) is 10. The first-order valence-corrected chi connectivity index (χ1v) is 12.3. The summed E-state index contributed by atoms with van der Waals surface area (Å²) in [6.45, 7) is -0.484. The molecular weight excluding hydrogens is 569 g/mol. The number of alkyl halides is 3. The van der Waals surface area contributed by atoms with E-state index in [1.807, 2.05) is 0 Å². The quantitative estimate of drug-likeness (QED) is 0.367. The van der Waals surface area contributed by atoms with Crippen molar-refractivity contribution in [2.24, 2.45) is 0 Å². The number of carbonyl (C=O) groups excluding carboxylic acids is 2. The number of hydrogen-bond donors (Lipinski definition) is 1. The molecule has 0 aliphatic carbocycles. The van der Waals surface area contributed by atoms with Gasteiger partial charge in [-0.2, -0.15) is 13.2 Å². The van der Waals surface area contributed by atoms with E-state index in [0.29, 0.717) is 10.8 Å². The fourth-order valence-corrected chi connectivity index (χ4v) is 4.27. The number of aromatic amines is 1. The molecule has 0 unspecified atom stereocenters. The van der Waals surface area contributed by atoms with Crippen molar-refractivity contribution in [3.63, 3.8) is 0 Å². The van der Waals surface area contributed by atoms with Crippen LogP contribution in [0.15, 0.2) is 58.3 Å². The third-order valence-corrected chi connectivity index (χ3v) is 6.31. The van der Waals surface area contributed by atoms with Gasteiger partial charge in [0.05, 0.1) is 32.5 Å². The summed E-state index contributed by atoms with van der Waals surface area (Å²) in [6.07, 6.45) is -8.91. The molecule has 3 atom stereocenters. The number of H-pyrrole nitrogens is 1. The van der Waals surface area contributed by atoms with Crippen LogP contribution in [0.25, 0.3) is 0 Å². The van der Waals surface area contributed by atoms with Crippen molar-refractivity contribution in [3.05, 3.63) is 86.2 Å². The van der Waals surface area contributed by atoms with Crippen molar-refractivity contribution >= 4 is 11.9 Å². The molecule has 0 saturated carbocycles. The van der Waals surface area contributed by atoms with Gasteiger partial charge in [-0.15, -0.1) is 0 Å². The van der Waals surface area contributed by atoms with Crippen LogP contribution in [0, 0.1) is 0 Å². The van der Waals surface area contributed by atoms with Gasteiger partial charge in [-0.25, -0.2) is 14.4 Å². The van der Waals surface area contributed by atoms with Gasteiger partial charge < -0.3 is 28.4 Å². The minimum Gasteiger partial charge on any atom is -0.493 e. The molecule has 0 bridgehead atoms. The lowest BCUT2D eigenvalue weighted by Crippen LogP contribution is -2.36. The number of esters is 2. The molecule has 3 aromatic rings. The summed E-state index contributed by atoms with van der Waals surface area (Å²) in [4.78, 5) is 51.5. The molecule has 1 aliphatic heterocycles. The van der Waals surface area contributed by atoms with Crippen LogP contribution in [0.5, 0.6) is 17.2 Å². The van der Waals surface area contributed by atoms with E-state index in [2.05, 4.69) is 0 Å². The fourth-order valence-electron chi connectivity index (χ4n) is 4.27. The molecule has 0 radical (unpaired) electrons. The Kier molecular flexibility index (Phi) is 8.90. The molecule has 224 valence electrons. The van der Waals surface area contributed by atoms with Crippen LogP contribution in [0.2, 0.25) is 0 Å². The van der Waals surface area contributed by atoms with E-state index in [0.717, 1.165) is 0 Å². The molecule has 15 heteroatoms. The number of rotatable bonds is 9. The molecule has 1 N–H and O–H groups in total. The molecule has 1 saturated heterocycles. The van der Waals surface area contributed by atoms with E-state index >= 15 is 0 Å². The van der Waals surface area contributed by atoms with Crippen molar-refractivity contribution < 1.29 is 51.2 Å². The second-order valence-electron chi connectivity index (χ2n) is 8.89. The van der Waals surface area contributed by atoms with Crippen LogP contribution >= 0.6 is 0 Å². The van der Waals surface area contributed by atoms with Gasteiger partial charge in [0, 0.05) is 12.6 Å². The van der Waals surface area contributed by atoms with Gasteiger partial charge in [-0.1, -0.05) is 18.2 Å². The molecule has 4 rings (SSSR count). The van der Waals surface area contributed by atoms with Gasteiger partial charge in [0.15, 0.2) is 11.5 Å². The van der Waals surface area contributed by atoms with Gasteiger partial charge in [0.2, 0.25) is 5.75 Å². The van der Waals surface area contributed by atoms with Gasteiger partial charge in [-0.3, -0.25) is 14.3 Å².